The van der Waals surface area contributed by atoms with Crippen LogP contribution < -0.4 is 5.32 Å². The molecule has 5 heteroatoms. The molecule has 2 rings (SSSR count). The van der Waals surface area contributed by atoms with Crippen LogP contribution in [0.1, 0.15) is 29.8 Å². The molecule has 0 fully saturated rings. The fourth-order valence-electron chi connectivity index (χ4n) is 2.01. The van der Waals surface area contributed by atoms with Crippen molar-refractivity contribution in [1.82, 2.24) is 10.3 Å². The molecule has 2 aromatic rings. The second kappa shape index (κ2) is 5.83. The monoisotopic (exact) mass is 286 g/mol. The van der Waals surface area contributed by atoms with Crippen LogP contribution in [0.5, 0.6) is 11.5 Å². The lowest BCUT2D eigenvalue weighted by molar-refractivity contribution is 0.0943. The van der Waals surface area contributed by atoms with Gasteiger partial charge in [-0.3, -0.25) is 9.78 Å². The summed E-state index contributed by atoms with van der Waals surface area (Å²) in [6.45, 7) is 4.44. The Morgan fingerprint density at radius 2 is 1.86 bits per heavy atom. The summed E-state index contributed by atoms with van der Waals surface area (Å²) in [4.78, 5) is 16.1. The van der Waals surface area contributed by atoms with Crippen molar-refractivity contribution >= 4 is 5.91 Å². The molecule has 5 nitrogen and oxygen atoms in total. The highest BCUT2D eigenvalue weighted by molar-refractivity contribution is 5.97. The maximum absolute atomic E-state index is 12.1. The lowest BCUT2D eigenvalue weighted by Crippen LogP contribution is -2.36. The number of benzene rings is 1. The Morgan fingerprint density at radius 3 is 2.48 bits per heavy atom. The number of rotatable bonds is 4. The molecular formula is C16H18N2O3. The van der Waals surface area contributed by atoms with Crippen LogP contribution in [0, 0.1) is 0 Å². The highest BCUT2D eigenvalue weighted by Gasteiger charge is 2.22. The third-order valence-electron chi connectivity index (χ3n) is 3.38. The average Bonchev–Trinajstić information content (AvgIpc) is 2.46. The third kappa shape index (κ3) is 3.51. The largest absolute Gasteiger partial charge is 0.508 e. The van der Waals surface area contributed by atoms with Gasteiger partial charge in [-0.25, -0.2) is 0 Å². The van der Waals surface area contributed by atoms with Gasteiger partial charge in [0.05, 0.1) is 5.56 Å². The van der Waals surface area contributed by atoms with E-state index in [1.807, 2.05) is 26.0 Å². The van der Waals surface area contributed by atoms with Crippen LogP contribution >= 0.6 is 0 Å². The fourth-order valence-corrected chi connectivity index (χ4v) is 2.01. The maximum atomic E-state index is 12.1. The molecule has 0 radical (unpaired) electrons. The Kier molecular flexibility index (Phi) is 4.12. The summed E-state index contributed by atoms with van der Waals surface area (Å²) in [5, 5.41) is 21.7. The molecule has 21 heavy (non-hydrogen) atoms. The van der Waals surface area contributed by atoms with E-state index < -0.39 is 0 Å². The van der Waals surface area contributed by atoms with E-state index in [0.717, 1.165) is 11.6 Å². The molecule has 0 atom stereocenters. The Balaban J connectivity index is 2.07. The Hall–Kier alpha value is -2.56. The van der Waals surface area contributed by atoms with Gasteiger partial charge in [0, 0.05) is 30.4 Å². The number of aromatic nitrogens is 1. The molecule has 0 aliphatic heterocycles. The molecule has 0 saturated heterocycles. The predicted molar refractivity (Wildman–Crippen MR) is 79.4 cm³/mol. The standard InChI is InChI=1S/C16H18N2O3/c1-16(2,11-5-7-17-8-6-11)10-18-15(21)13-4-3-12(19)9-14(13)20/h3-9,19-20H,10H2,1-2H3,(H,18,21). The van der Waals surface area contributed by atoms with Crippen molar-refractivity contribution in [2.45, 2.75) is 19.3 Å². The minimum atomic E-state index is -0.380. The van der Waals surface area contributed by atoms with Crippen molar-refractivity contribution in [3.05, 3.63) is 53.9 Å². The van der Waals surface area contributed by atoms with Crippen molar-refractivity contribution in [1.29, 1.82) is 0 Å². The van der Waals surface area contributed by atoms with Gasteiger partial charge in [-0.1, -0.05) is 13.8 Å². The quantitative estimate of drug-likeness (QED) is 0.804. The molecule has 0 aliphatic rings. The summed E-state index contributed by atoms with van der Waals surface area (Å²) in [7, 11) is 0. The molecular weight excluding hydrogens is 268 g/mol. The number of carbonyl (C=O) groups is 1. The van der Waals surface area contributed by atoms with E-state index in [0.29, 0.717) is 6.54 Å². The van der Waals surface area contributed by atoms with E-state index in [4.69, 9.17) is 0 Å². The highest BCUT2D eigenvalue weighted by atomic mass is 16.3. The molecule has 0 unspecified atom stereocenters. The van der Waals surface area contributed by atoms with Gasteiger partial charge in [0.25, 0.3) is 5.91 Å². The van der Waals surface area contributed by atoms with E-state index in [2.05, 4.69) is 10.3 Å². The summed E-state index contributed by atoms with van der Waals surface area (Å²) < 4.78 is 0. The summed E-state index contributed by atoms with van der Waals surface area (Å²) >= 11 is 0. The zero-order chi connectivity index (χ0) is 15.5. The molecule has 0 bridgehead atoms. The minimum Gasteiger partial charge on any atom is -0.508 e. The van der Waals surface area contributed by atoms with Crippen LogP contribution in [-0.4, -0.2) is 27.6 Å². The van der Waals surface area contributed by atoms with E-state index in [9.17, 15) is 15.0 Å². The van der Waals surface area contributed by atoms with E-state index in [-0.39, 0.29) is 28.4 Å². The molecule has 0 spiro atoms. The first-order valence-corrected chi connectivity index (χ1v) is 6.61. The number of phenols is 2. The number of nitrogens with zero attached hydrogens (tertiary/aromatic N) is 1. The van der Waals surface area contributed by atoms with Gasteiger partial charge in [-0.2, -0.15) is 0 Å². The lowest BCUT2D eigenvalue weighted by Gasteiger charge is -2.25. The lowest BCUT2D eigenvalue weighted by atomic mass is 9.85. The molecule has 1 amide bonds. The minimum absolute atomic E-state index is 0.0823. The average molecular weight is 286 g/mol. The van der Waals surface area contributed by atoms with Crippen LogP contribution in [0.25, 0.3) is 0 Å². The van der Waals surface area contributed by atoms with Crippen molar-refractivity contribution in [3.8, 4) is 11.5 Å². The van der Waals surface area contributed by atoms with E-state index in [1.165, 1.54) is 12.1 Å². The van der Waals surface area contributed by atoms with Crippen molar-refractivity contribution in [3.63, 3.8) is 0 Å². The Morgan fingerprint density at radius 1 is 1.19 bits per heavy atom. The SMILES string of the molecule is CC(C)(CNC(=O)c1ccc(O)cc1O)c1ccncc1. The third-order valence-corrected chi connectivity index (χ3v) is 3.38. The molecule has 1 aromatic heterocycles. The van der Waals surface area contributed by atoms with Gasteiger partial charge in [0.15, 0.2) is 0 Å². The molecule has 110 valence electrons. The fraction of sp³-hybridized carbons (Fsp3) is 0.250. The summed E-state index contributed by atoms with van der Waals surface area (Å²) in [6.07, 6.45) is 3.43. The number of hydrogen-bond acceptors (Lipinski definition) is 4. The number of carbonyl (C=O) groups excluding carboxylic acids is 1. The predicted octanol–water partition coefficient (Wildman–Crippen LogP) is 2.20. The van der Waals surface area contributed by atoms with Crippen LogP contribution in [0.2, 0.25) is 0 Å². The van der Waals surface area contributed by atoms with Gasteiger partial charge >= 0.3 is 0 Å². The summed E-state index contributed by atoms with van der Waals surface area (Å²) in [5.74, 6) is -0.704. The Labute approximate surface area is 123 Å². The smallest absolute Gasteiger partial charge is 0.255 e. The summed E-state index contributed by atoms with van der Waals surface area (Å²) in [6, 6.07) is 7.71. The normalized spacial score (nSPS) is 11.1. The molecule has 3 N–H and O–H groups in total. The topological polar surface area (TPSA) is 82.5 Å². The van der Waals surface area contributed by atoms with Gasteiger partial charge in [-0.15, -0.1) is 0 Å². The first kappa shape index (κ1) is 14.8. The van der Waals surface area contributed by atoms with Crippen molar-refractivity contribution in [2.24, 2.45) is 0 Å². The van der Waals surface area contributed by atoms with Gasteiger partial charge in [0.2, 0.25) is 0 Å². The molecule has 0 aliphatic carbocycles. The number of aromatic hydroxyl groups is 2. The molecule has 1 heterocycles. The zero-order valence-electron chi connectivity index (χ0n) is 12.0. The number of amides is 1. The van der Waals surface area contributed by atoms with Crippen molar-refractivity contribution < 1.29 is 15.0 Å². The number of phenolic OH excluding ortho intramolecular Hbond substituents is 2. The van der Waals surface area contributed by atoms with Gasteiger partial charge in [0.1, 0.15) is 11.5 Å². The summed E-state index contributed by atoms with van der Waals surface area (Å²) in [5.41, 5.74) is 0.941. The first-order chi connectivity index (χ1) is 9.90. The Bertz CT molecular complexity index is 639. The van der Waals surface area contributed by atoms with Crippen LogP contribution in [0.3, 0.4) is 0 Å². The number of nitrogens with one attached hydrogen (secondary N) is 1. The van der Waals surface area contributed by atoms with Gasteiger partial charge in [-0.05, 0) is 29.8 Å². The van der Waals surface area contributed by atoms with E-state index in [1.54, 1.807) is 12.4 Å². The second-order valence-corrected chi connectivity index (χ2v) is 5.50. The van der Waals surface area contributed by atoms with E-state index >= 15 is 0 Å². The molecule has 1 aromatic carbocycles. The number of hydrogen-bond donors (Lipinski definition) is 3. The van der Waals surface area contributed by atoms with Crippen LogP contribution in [0.4, 0.5) is 0 Å². The second-order valence-electron chi connectivity index (χ2n) is 5.50. The van der Waals surface area contributed by atoms with Crippen molar-refractivity contribution in [2.75, 3.05) is 6.54 Å². The zero-order valence-corrected chi connectivity index (χ0v) is 12.0. The van der Waals surface area contributed by atoms with Gasteiger partial charge < -0.3 is 15.5 Å². The number of pyridine rings is 1. The van der Waals surface area contributed by atoms with Crippen LogP contribution in [0.15, 0.2) is 42.7 Å². The maximum Gasteiger partial charge on any atom is 0.255 e. The highest BCUT2D eigenvalue weighted by Crippen LogP contribution is 2.24. The first-order valence-electron chi connectivity index (χ1n) is 6.61. The molecule has 0 saturated carbocycles. The van der Waals surface area contributed by atoms with Crippen LogP contribution in [-0.2, 0) is 5.41 Å².